The summed E-state index contributed by atoms with van der Waals surface area (Å²) in [5.41, 5.74) is 3.12. The van der Waals surface area contributed by atoms with Gasteiger partial charge in [-0.2, -0.15) is 0 Å². The molecule has 4 N–H and O–H groups in total. The van der Waals surface area contributed by atoms with E-state index in [1.165, 1.54) is 0 Å². The van der Waals surface area contributed by atoms with Gasteiger partial charge in [0, 0.05) is 0 Å². The molecule has 0 aromatic carbocycles. The highest BCUT2D eigenvalue weighted by molar-refractivity contribution is 6.04. The molecule has 2 atom stereocenters. The van der Waals surface area contributed by atoms with Crippen molar-refractivity contribution in [2.24, 2.45) is 17.1 Å². The van der Waals surface area contributed by atoms with Gasteiger partial charge >= 0.3 is 11.9 Å². The van der Waals surface area contributed by atoms with Crippen LogP contribution in [0, 0.1) is 11.3 Å². The summed E-state index contributed by atoms with van der Waals surface area (Å²) >= 11 is 0. The van der Waals surface area contributed by atoms with Crippen LogP contribution in [0.15, 0.2) is 0 Å². The fraction of sp³-hybridized carbons (Fsp3) is 0.667. The second kappa shape index (κ2) is 3.88. The third kappa shape index (κ3) is 1.67. The minimum atomic E-state index is -1.93. The van der Waals surface area contributed by atoms with Gasteiger partial charge in [0.1, 0.15) is 0 Å². The van der Waals surface area contributed by atoms with Crippen LogP contribution >= 0.6 is 0 Å². The molecular formula is C9H13NO5. The number of carboxylic acids is 2. The molecule has 0 aromatic heterocycles. The van der Waals surface area contributed by atoms with Gasteiger partial charge in [-0.3, -0.25) is 14.4 Å². The number of hydrogen-bond acceptors (Lipinski definition) is 3. The summed E-state index contributed by atoms with van der Waals surface area (Å²) in [4.78, 5) is 33.2. The Hall–Kier alpha value is -1.59. The Morgan fingerprint density at radius 2 is 1.80 bits per heavy atom. The molecule has 0 saturated heterocycles. The minimum Gasteiger partial charge on any atom is -0.481 e. The lowest BCUT2D eigenvalue weighted by molar-refractivity contribution is -0.170. The number of carbonyl (C=O) groups is 3. The Labute approximate surface area is 86.1 Å². The molecule has 0 aliphatic heterocycles. The lowest BCUT2D eigenvalue weighted by Gasteiger charge is -2.35. The van der Waals surface area contributed by atoms with Gasteiger partial charge in [-0.1, -0.05) is 12.8 Å². The van der Waals surface area contributed by atoms with Crippen LogP contribution in [0.25, 0.3) is 0 Å². The van der Waals surface area contributed by atoms with Gasteiger partial charge in [-0.15, -0.1) is 0 Å². The fourth-order valence-electron chi connectivity index (χ4n) is 2.16. The summed E-state index contributed by atoms with van der Waals surface area (Å²) < 4.78 is 0. The van der Waals surface area contributed by atoms with Crippen LogP contribution in [-0.2, 0) is 14.4 Å². The molecule has 1 fully saturated rings. The van der Waals surface area contributed by atoms with Crippen molar-refractivity contribution >= 4 is 17.8 Å². The van der Waals surface area contributed by atoms with Crippen LogP contribution in [0.2, 0.25) is 0 Å². The predicted octanol–water partition coefficient (Wildman–Crippen LogP) is -0.183. The maximum atomic E-state index is 11.2. The maximum absolute atomic E-state index is 11.2. The van der Waals surface area contributed by atoms with E-state index in [1.54, 1.807) is 0 Å². The number of carboxylic acid groups (broad SMARTS) is 2. The third-order valence-corrected chi connectivity index (χ3v) is 3.03. The Morgan fingerprint density at radius 1 is 1.20 bits per heavy atom. The molecule has 0 bridgehead atoms. The number of nitrogens with two attached hydrogens (primary N) is 1. The van der Waals surface area contributed by atoms with Crippen molar-refractivity contribution in [3.63, 3.8) is 0 Å². The second-order valence-corrected chi connectivity index (χ2v) is 3.78. The number of carbonyl (C=O) groups excluding carboxylic acids is 1. The number of rotatable bonds is 3. The Balaban J connectivity index is 3.16. The zero-order valence-corrected chi connectivity index (χ0v) is 8.10. The first-order valence-corrected chi connectivity index (χ1v) is 4.69. The molecule has 6 heteroatoms. The largest absolute Gasteiger partial charge is 0.481 e. The number of hydrogen-bond donors (Lipinski definition) is 3. The normalized spacial score (nSPS) is 30.8. The molecule has 0 heterocycles. The molecule has 1 aliphatic rings. The number of aliphatic carboxylic acids is 2. The SMILES string of the molecule is NC(=O)[C@]1(C(=O)O)CCCC[C@@H]1C(=O)O. The van der Waals surface area contributed by atoms with Gasteiger partial charge in [0.15, 0.2) is 5.41 Å². The van der Waals surface area contributed by atoms with E-state index >= 15 is 0 Å². The Kier molecular flexibility index (Phi) is 2.97. The average Bonchev–Trinajstić information content (AvgIpc) is 2.16. The second-order valence-electron chi connectivity index (χ2n) is 3.78. The predicted molar refractivity (Wildman–Crippen MR) is 48.9 cm³/mol. The molecule has 84 valence electrons. The fourth-order valence-corrected chi connectivity index (χ4v) is 2.16. The maximum Gasteiger partial charge on any atom is 0.320 e. The van der Waals surface area contributed by atoms with E-state index in [2.05, 4.69) is 0 Å². The zero-order valence-electron chi connectivity index (χ0n) is 8.10. The van der Waals surface area contributed by atoms with Crippen molar-refractivity contribution in [1.82, 2.24) is 0 Å². The van der Waals surface area contributed by atoms with Gasteiger partial charge in [-0.25, -0.2) is 0 Å². The standard InChI is InChI=1S/C9H13NO5/c10-7(13)9(8(14)15)4-2-1-3-5(9)6(11)12/h5H,1-4H2,(H2,10,13)(H,11,12)(H,14,15)/t5-,9+/m1/s1. The molecule has 0 unspecified atom stereocenters. The van der Waals surface area contributed by atoms with Crippen molar-refractivity contribution < 1.29 is 24.6 Å². The summed E-state index contributed by atoms with van der Waals surface area (Å²) in [5.74, 6) is -4.96. The van der Waals surface area contributed by atoms with E-state index in [0.29, 0.717) is 12.8 Å². The van der Waals surface area contributed by atoms with Crippen molar-refractivity contribution in [1.29, 1.82) is 0 Å². The molecule has 0 aromatic rings. The van der Waals surface area contributed by atoms with Crippen LogP contribution in [0.5, 0.6) is 0 Å². The third-order valence-electron chi connectivity index (χ3n) is 3.03. The smallest absolute Gasteiger partial charge is 0.320 e. The van der Waals surface area contributed by atoms with E-state index in [4.69, 9.17) is 15.9 Å². The van der Waals surface area contributed by atoms with E-state index in [9.17, 15) is 14.4 Å². The van der Waals surface area contributed by atoms with Gasteiger partial charge in [0.25, 0.3) is 0 Å². The lowest BCUT2D eigenvalue weighted by Crippen LogP contribution is -2.53. The van der Waals surface area contributed by atoms with Crippen LogP contribution in [0.3, 0.4) is 0 Å². The van der Waals surface area contributed by atoms with Crippen LogP contribution in [0.1, 0.15) is 25.7 Å². The van der Waals surface area contributed by atoms with Gasteiger partial charge in [-0.05, 0) is 12.8 Å². The topological polar surface area (TPSA) is 118 Å². The van der Waals surface area contributed by atoms with Gasteiger partial charge in [0.2, 0.25) is 5.91 Å². The molecule has 1 rings (SSSR count). The lowest BCUT2D eigenvalue weighted by atomic mass is 9.65. The van der Waals surface area contributed by atoms with Crippen molar-refractivity contribution in [2.45, 2.75) is 25.7 Å². The van der Waals surface area contributed by atoms with E-state index in [-0.39, 0.29) is 12.8 Å². The average molecular weight is 215 g/mol. The van der Waals surface area contributed by atoms with Gasteiger partial charge < -0.3 is 15.9 Å². The molecule has 0 radical (unpaired) electrons. The van der Waals surface area contributed by atoms with Crippen molar-refractivity contribution in [2.75, 3.05) is 0 Å². The Bertz CT molecular complexity index is 298. The summed E-state index contributed by atoms with van der Waals surface area (Å²) in [5, 5.41) is 17.9. The van der Waals surface area contributed by atoms with Crippen molar-refractivity contribution in [3.8, 4) is 0 Å². The monoisotopic (exact) mass is 215 g/mol. The van der Waals surface area contributed by atoms with Crippen molar-refractivity contribution in [3.05, 3.63) is 0 Å². The molecule has 1 amide bonds. The highest BCUT2D eigenvalue weighted by Gasteiger charge is 2.55. The minimum absolute atomic E-state index is 0.00856. The summed E-state index contributed by atoms with van der Waals surface area (Å²) in [6.45, 7) is 0. The Morgan fingerprint density at radius 3 is 2.13 bits per heavy atom. The van der Waals surface area contributed by atoms with E-state index in [1.807, 2.05) is 0 Å². The van der Waals surface area contributed by atoms with Crippen LogP contribution in [-0.4, -0.2) is 28.1 Å². The molecule has 6 nitrogen and oxygen atoms in total. The number of primary amides is 1. The molecule has 15 heavy (non-hydrogen) atoms. The van der Waals surface area contributed by atoms with E-state index in [0.717, 1.165) is 0 Å². The quantitative estimate of drug-likeness (QED) is 0.564. The highest BCUT2D eigenvalue weighted by Crippen LogP contribution is 2.41. The molecule has 1 saturated carbocycles. The molecule has 1 aliphatic carbocycles. The van der Waals surface area contributed by atoms with Gasteiger partial charge in [0.05, 0.1) is 5.92 Å². The van der Waals surface area contributed by atoms with Crippen LogP contribution in [0.4, 0.5) is 0 Å². The molecule has 0 spiro atoms. The summed E-state index contributed by atoms with van der Waals surface area (Å²) in [7, 11) is 0. The summed E-state index contributed by atoms with van der Waals surface area (Å²) in [6.07, 6.45) is 1.32. The number of amides is 1. The first-order valence-electron chi connectivity index (χ1n) is 4.69. The van der Waals surface area contributed by atoms with Crippen LogP contribution < -0.4 is 5.73 Å². The highest BCUT2D eigenvalue weighted by atomic mass is 16.4. The summed E-state index contributed by atoms with van der Waals surface area (Å²) in [6, 6.07) is 0. The first kappa shape index (κ1) is 11.5. The first-order chi connectivity index (χ1) is 6.93. The molecular weight excluding hydrogens is 202 g/mol. The zero-order chi connectivity index (χ0) is 11.6. The van der Waals surface area contributed by atoms with E-state index < -0.39 is 29.2 Å².